The van der Waals surface area contributed by atoms with E-state index < -0.39 is 0 Å². The van der Waals surface area contributed by atoms with Gasteiger partial charge >= 0.3 is 0 Å². The van der Waals surface area contributed by atoms with Crippen molar-refractivity contribution in [2.24, 2.45) is 11.7 Å². The third-order valence-corrected chi connectivity index (χ3v) is 6.25. The van der Waals surface area contributed by atoms with E-state index in [0.29, 0.717) is 12.5 Å². The fourth-order valence-electron chi connectivity index (χ4n) is 4.69. The van der Waals surface area contributed by atoms with Crippen LogP contribution in [-0.2, 0) is 14.2 Å². The van der Waals surface area contributed by atoms with Crippen LogP contribution in [0.25, 0.3) is 0 Å². The van der Waals surface area contributed by atoms with Crippen LogP contribution in [-0.4, -0.2) is 68.7 Å². The number of aliphatic hydroxyl groups excluding tert-OH is 1. The minimum Gasteiger partial charge on any atom is -0.393 e. The molecule has 7 heteroatoms. The average Bonchev–Trinajstić information content (AvgIpc) is 2.64. The topological polar surface area (TPSA) is 98.0 Å². The predicted octanol–water partition coefficient (Wildman–Crippen LogP) is 0.309. The number of ether oxygens (including phenoxy) is 3. The SMILES string of the molecule is COC1CCC(OC2CNC(N)NC2C2CCC(OC)CC2O)CC1. The van der Waals surface area contributed by atoms with Crippen LogP contribution in [0.1, 0.15) is 44.9 Å². The van der Waals surface area contributed by atoms with Gasteiger partial charge < -0.3 is 25.1 Å². The summed E-state index contributed by atoms with van der Waals surface area (Å²) in [5.74, 6) is 0.153. The summed E-state index contributed by atoms with van der Waals surface area (Å²) >= 11 is 0. The second-order valence-electron chi connectivity index (χ2n) is 7.79. The van der Waals surface area contributed by atoms with Gasteiger partial charge in [0, 0.05) is 32.7 Å². The minimum atomic E-state index is -0.378. The molecule has 0 amide bonds. The number of nitrogens with two attached hydrogens (primary N) is 1. The molecule has 5 N–H and O–H groups in total. The Balaban J connectivity index is 1.59. The maximum atomic E-state index is 10.6. The second-order valence-corrected chi connectivity index (χ2v) is 7.79. The first-order valence-corrected chi connectivity index (χ1v) is 9.74. The Hall–Kier alpha value is -0.280. The number of nitrogens with one attached hydrogen (secondary N) is 2. The monoisotopic (exact) mass is 357 g/mol. The van der Waals surface area contributed by atoms with Crippen LogP contribution in [0.3, 0.4) is 0 Å². The van der Waals surface area contributed by atoms with E-state index in [1.165, 1.54) is 0 Å². The lowest BCUT2D eigenvalue weighted by atomic mass is 9.77. The summed E-state index contributed by atoms with van der Waals surface area (Å²) in [6, 6.07) is 0.0733. The fourth-order valence-corrected chi connectivity index (χ4v) is 4.69. The first-order chi connectivity index (χ1) is 12.1. The Bertz CT molecular complexity index is 406. The smallest absolute Gasteiger partial charge is 0.109 e. The van der Waals surface area contributed by atoms with Gasteiger partial charge in [0.1, 0.15) is 6.29 Å². The Morgan fingerprint density at radius 3 is 2.20 bits per heavy atom. The van der Waals surface area contributed by atoms with Gasteiger partial charge in [0.05, 0.1) is 30.5 Å². The standard InChI is InChI=1S/C18H35N3O4/c1-23-11-3-5-12(6-4-11)25-16-10-20-18(19)21-17(16)14-8-7-13(24-2)9-15(14)22/h11-18,20-22H,3-10,19H2,1-2H3. The largest absolute Gasteiger partial charge is 0.393 e. The lowest BCUT2D eigenvalue weighted by molar-refractivity contribution is -0.107. The molecule has 1 heterocycles. The van der Waals surface area contributed by atoms with Crippen molar-refractivity contribution in [3.05, 3.63) is 0 Å². The quantitative estimate of drug-likeness (QED) is 0.562. The van der Waals surface area contributed by atoms with E-state index in [9.17, 15) is 5.11 Å². The molecule has 0 spiro atoms. The van der Waals surface area contributed by atoms with Crippen LogP contribution in [0.2, 0.25) is 0 Å². The first kappa shape index (κ1) is 19.5. The van der Waals surface area contributed by atoms with Gasteiger partial charge in [-0.05, 0) is 44.9 Å². The van der Waals surface area contributed by atoms with Crippen molar-refractivity contribution in [3.8, 4) is 0 Å². The normalized spacial score (nSPS) is 46.1. The van der Waals surface area contributed by atoms with E-state index in [0.717, 1.165) is 45.1 Å². The van der Waals surface area contributed by atoms with Gasteiger partial charge in [-0.15, -0.1) is 0 Å². The third-order valence-electron chi connectivity index (χ3n) is 6.25. The van der Waals surface area contributed by atoms with E-state index in [1.54, 1.807) is 14.2 Å². The lowest BCUT2D eigenvalue weighted by Crippen LogP contribution is -2.68. The van der Waals surface area contributed by atoms with Crippen molar-refractivity contribution in [2.45, 2.75) is 87.8 Å². The summed E-state index contributed by atoms with van der Waals surface area (Å²) < 4.78 is 17.3. The Kier molecular flexibility index (Phi) is 7.08. The van der Waals surface area contributed by atoms with E-state index in [4.69, 9.17) is 19.9 Å². The molecule has 0 bridgehead atoms. The van der Waals surface area contributed by atoms with Gasteiger partial charge in [0.15, 0.2) is 0 Å². The van der Waals surface area contributed by atoms with Crippen LogP contribution in [0.4, 0.5) is 0 Å². The van der Waals surface area contributed by atoms with Crippen molar-refractivity contribution >= 4 is 0 Å². The molecule has 2 saturated carbocycles. The molecule has 6 unspecified atom stereocenters. The summed E-state index contributed by atoms with van der Waals surface area (Å²) in [4.78, 5) is 0. The van der Waals surface area contributed by atoms with Gasteiger partial charge in [0.25, 0.3) is 0 Å². The molecule has 2 aliphatic carbocycles. The zero-order valence-electron chi connectivity index (χ0n) is 15.5. The van der Waals surface area contributed by atoms with E-state index >= 15 is 0 Å². The molecule has 0 aromatic rings. The number of aliphatic hydroxyl groups is 1. The predicted molar refractivity (Wildman–Crippen MR) is 95.0 cm³/mol. The number of rotatable bonds is 5. The summed E-state index contributed by atoms with van der Waals surface area (Å²) in [6.45, 7) is 0.722. The molecule has 0 aromatic carbocycles. The Morgan fingerprint density at radius 1 is 0.920 bits per heavy atom. The molecule has 3 rings (SSSR count). The van der Waals surface area contributed by atoms with Crippen molar-refractivity contribution in [1.82, 2.24) is 10.6 Å². The molecule has 3 aliphatic rings. The summed E-state index contributed by atoms with van der Waals surface area (Å²) in [7, 11) is 3.51. The highest BCUT2D eigenvalue weighted by atomic mass is 16.5. The number of hydrogen-bond acceptors (Lipinski definition) is 7. The molecule has 3 fully saturated rings. The minimum absolute atomic E-state index is 0.0302. The summed E-state index contributed by atoms with van der Waals surface area (Å²) in [5, 5.41) is 17.3. The highest BCUT2D eigenvalue weighted by Gasteiger charge is 2.42. The van der Waals surface area contributed by atoms with Crippen LogP contribution in [0.5, 0.6) is 0 Å². The van der Waals surface area contributed by atoms with E-state index in [2.05, 4.69) is 10.6 Å². The van der Waals surface area contributed by atoms with Gasteiger partial charge in [0.2, 0.25) is 0 Å². The van der Waals surface area contributed by atoms with Gasteiger partial charge in [-0.2, -0.15) is 0 Å². The number of hydrogen-bond donors (Lipinski definition) is 4. The molecule has 25 heavy (non-hydrogen) atoms. The molecule has 146 valence electrons. The molecule has 0 radical (unpaired) electrons. The molecule has 6 atom stereocenters. The van der Waals surface area contributed by atoms with Crippen molar-refractivity contribution in [3.63, 3.8) is 0 Å². The van der Waals surface area contributed by atoms with Crippen LogP contribution >= 0.6 is 0 Å². The van der Waals surface area contributed by atoms with E-state index in [1.807, 2.05) is 0 Å². The highest BCUT2D eigenvalue weighted by molar-refractivity contribution is 4.96. The fraction of sp³-hybridized carbons (Fsp3) is 1.00. The zero-order valence-corrected chi connectivity index (χ0v) is 15.5. The second kappa shape index (κ2) is 9.08. The molecular formula is C18H35N3O4. The Morgan fingerprint density at radius 2 is 1.56 bits per heavy atom. The maximum Gasteiger partial charge on any atom is 0.109 e. The highest BCUT2D eigenvalue weighted by Crippen LogP contribution is 2.33. The van der Waals surface area contributed by atoms with Crippen LogP contribution in [0, 0.1) is 5.92 Å². The third kappa shape index (κ3) is 4.91. The molecule has 1 saturated heterocycles. The van der Waals surface area contributed by atoms with Crippen LogP contribution < -0.4 is 16.4 Å². The summed E-state index contributed by atoms with van der Waals surface area (Å²) in [6.07, 6.45) is 6.98. The van der Waals surface area contributed by atoms with Crippen molar-refractivity contribution in [2.75, 3.05) is 20.8 Å². The van der Waals surface area contributed by atoms with Crippen LogP contribution in [0.15, 0.2) is 0 Å². The average molecular weight is 357 g/mol. The van der Waals surface area contributed by atoms with Gasteiger partial charge in [-0.3, -0.25) is 10.6 Å². The Labute approximate surface area is 151 Å². The van der Waals surface area contributed by atoms with Gasteiger partial charge in [-0.1, -0.05) is 0 Å². The van der Waals surface area contributed by atoms with E-state index in [-0.39, 0.29) is 42.7 Å². The van der Waals surface area contributed by atoms with Crippen molar-refractivity contribution in [1.29, 1.82) is 0 Å². The number of methoxy groups -OCH3 is 2. The summed E-state index contributed by atoms with van der Waals surface area (Å²) in [5.41, 5.74) is 6.06. The molecule has 7 nitrogen and oxygen atoms in total. The molecule has 1 aliphatic heterocycles. The first-order valence-electron chi connectivity index (χ1n) is 9.74. The van der Waals surface area contributed by atoms with Crippen molar-refractivity contribution < 1.29 is 19.3 Å². The molecular weight excluding hydrogens is 322 g/mol. The maximum absolute atomic E-state index is 10.6. The molecule has 0 aromatic heterocycles. The van der Waals surface area contributed by atoms with Gasteiger partial charge in [-0.25, -0.2) is 0 Å². The zero-order chi connectivity index (χ0) is 17.8. The lowest BCUT2D eigenvalue weighted by Gasteiger charge is -2.46.